The molecule has 0 saturated heterocycles. The Labute approximate surface area is 195 Å². The summed E-state index contributed by atoms with van der Waals surface area (Å²) < 4.78 is 15.8. The number of fused-ring (bicyclic) bond motifs is 1. The van der Waals surface area contributed by atoms with Gasteiger partial charge < -0.3 is 4.90 Å². The molecular weight excluding hydrogens is 445 g/mol. The Morgan fingerprint density at radius 2 is 1.79 bits per heavy atom. The average Bonchev–Trinajstić information content (AvgIpc) is 2.77. The van der Waals surface area contributed by atoms with Gasteiger partial charge in [-0.15, -0.1) is 0 Å². The van der Waals surface area contributed by atoms with Crippen LogP contribution in [-0.2, 0) is 18.4 Å². The second-order valence-corrected chi connectivity index (χ2v) is 9.41. The summed E-state index contributed by atoms with van der Waals surface area (Å²) >= 11 is 1.14. The summed E-state index contributed by atoms with van der Waals surface area (Å²) in [5.41, 5.74) is 0.177. The molecule has 176 valence electrons. The van der Waals surface area contributed by atoms with Crippen LogP contribution in [0.3, 0.4) is 0 Å². The lowest BCUT2D eigenvalue weighted by molar-refractivity contribution is -0.128. The van der Waals surface area contributed by atoms with Crippen LogP contribution in [-0.4, -0.2) is 42.7 Å². The zero-order valence-corrected chi connectivity index (χ0v) is 20.4. The Balaban J connectivity index is 1.93. The van der Waals surface area contributed by atoms with Gasteiger partial charge in [-0.2, -0.15) is 0 Å². The molecule has 2 heterocycles. The first-order chi connectivity index (χ1) is 15.5. The van der Waals surface area contributed by atoms with E-state index >= 15 is 0 Å². The molecule has 10 heteroatoms. The topological polar surface area (TPSA) is 90.1 Å². The van der Waals surface area contributed by atoms with Gasteiger partial charge in [-0.25, -0.2) is 19.2 Å². The van der Waals surface area contributed by atoms with Crippen molar-refractivity contribution in [1.82, 2.24) is 24.0 Å². The number of hydrogen-bond donors (Lipinski definition) is 0. The third-order valence-electron chi connectivity index (χ3n) is 5.47. The molecule has 8 nitrogen and oxygen atoms in total. The number of carbonyl (C=O) groups excluding carboxylic acids is 1. The van der Waals surface area contributed by atoms with Gasteiger partial charge in [0.2, 0.25) is 5.91 Å². The predicted molar refractivity (Wildman–Crippen MR) is 127 cm³/mol. The van der Waals surface area contributed by atoms with E-state index in [0.29, 0.717) is 17.4 Å². The van der Waals surface area contributed by atoms with E-state index in [9.17, 15) is 18.8 Å². The maximum atomic E-state index is 13.2. The van der Waals surface area contributed by atoms with Gasteiger partial charge in [0.25, 0.3) is 5.56 Å². The van der Waals surface area contributed by atoms with Gasteiger partial charge in [0.15, 0.2) is 5.65 Å². The molecule has 1 aromatic carbocycles. The van der Waals surface area contributed by atoms with E-state index in [-0.39, 0.29) is 40.5 Å². The van der Waals surface area contributed by atoms with E-state index in [1.54, 1.807) is 31.0 Å². The minimum absolute atomic E-state index is 0.0417. The number of aromatic nitrogens is 4. The van der Waals surface area contributed by atoms with Crippen LogP contribution in [0.1, 0.15) is 38.2 Å². The molecule has 0 aliphatic carbocycles. The van der Waals surface area contributed by atoms with Crippen molar-refractivity contribution < 1.29 is 9.18 Å². The number of aryl methyl sites for hydroxylation is 1. The van der Waals surface area contributed by atoms with Gasteiger partial charge in [0.1, 0.15) is 22.1 Å². The molecule has 3 rings (SSSR count). The Morgan fingerprint density at radius 1 is 1.15 bits per heavy atom. The molecule has 2 aromatic heterocycles. The number of hydrogen-bond acceptors (Lipinski definition) is 6. The minimum Gasteiger partial charge on any atom is -0.338 e. The average molecular weight is 474 g/mol. The quantitative estimate of drug-likeness (QED) is 0.387. The molecule has 0 saturated carbocycles. The van der Waals surface area contributed by atoms with Gasteiger partial charge in [-0.1, -0.05) is 37.7 Å². The smallest absolute Gasteiger partial charge is 0.332 e. The van der Waals surface area contributed by atoms with Gasteiger partial charge >= 0.3 is 5.69 Å². The number of nitrogens with zero attached hydrogens (tertiary/aromatic N) is 5. The Morgan fingerprint density at radius 3 is 2.39 bits per heavy atom. The van der Waals surface area contributed by atoms with Crippen LogP contribution in [0.2, 0.25) is 0 Å². The maximum Gasteiger partial charge on any atom is 0.332 e. The number of benzene rings is 1. The van der Waals surface area contributed by atoms with E-state index in [2.05, 4.69) is 9.97 Å². The van der Waals surface area contributed by atoms with Crippen molar-refractivity contribution in [3.05, 3.63) is 62.3 Å². The normalized spacial score (nSPS) is 12.4. The van der Waals surface area contributed by atoms with E-state index < -0.39 is 11.2 Å². The zero-order valence-electron chi connectivity index (χ0n) is 19.6. The van der Waals surface area contributed by atoms with Crippen LogP contribution in [0.4, 0.5) is 4.39 Å². The van der Waals surface area contributed by atoms with Gasteiger partial charge in [0.05, 0.1) is 11.8 Å². The molecule has 3 aromatic rings. The highest BCUT2D eigenvalue weighted by Gasteiger charge is 2.22. The molecule has 0 fully saturated rings. The monoisotopic (exact) mass is 473 g/mol. The number of thioether (sulfide) groups is 1. The van der Waals surface area contributed by atoms with Gasteiger partial charge in [0, 0.05) is 20.6 Å². The number of carbonyl (C=O) groups is 1. The molecule has 0 N–H and O–H groups in total. The highest BCUT2D eigenvalue weighted by Crippen LogP contribution is 2.25. The molecule has 1 amide bonds. The number of amides is 1. The number of halogens is 1. The first-order valence-corrected chi connectivity index (χ1v) is 11.6. The van der Waals surface area contributed by atoms with E-state index in [4.69, 9.17) is 0 Å². The lowest BCUT2D eigenvalue weighted by atomic mass is 10.1. The lowest BCUT2D eigenvalue weighted by Gasteiger charge is -2.25. The fourth-order valence-electron chi connectivity index (χ4n) is 3.49. The van der Waals surface area contributed by atoms with Crippen molar-refractivity contribution in [2.24, 2.45) is 13.0 Å². The van der Waals surface area contributed by atoms with E-state index in [0.717, 1.165) is 21.9 Å². The molecular formula is C23H28FN5O3S. The third kappa shape index (κ3) is 5.16. The van der Waals surface area contributed by atoms with E-state index in [1.807, 2.05) is 20.8 Å². The fraction of sp³-hybridized carbons (Fsp3) is 0.435. The fourth-order valence-corrected chi connectivity index (χ4v) is 4.47. The summed E-state index contributed by atoms with van der Waals surface area (Å²) in [7, 11) is 3.11. The second kappa shape index (κ2) is 9.86. The zero-order chi connectivity index (χ0) is 24.4. The summed E-state index contributed by atoms with van der Waals surface area (Å²) in [5.74, 6) is 0.112. The van der Waals surface area contributed by atoms with E-state index in [1.165, 1.54) is 23.7 Å². The van der Waals surface area contributed by atoms with Crippen molar-refractivity contribution in [3.63, 3.8) is 0 Å². The highest BCUT2D eigenvalue weighted by molar-refractivity contribution is 8.00. The van der Waals surface area contributed by atoms with Crippen LogP contribution in [0.25, 0.3) is 11.0 Å². The summed E-state index contributed by atoms with van der Waals surface area (Å²) in [4.78, 5) is 48.9. The standard InChI is InChI=1S/C23H28FN5O3S/c1-13(2)11-29-20-19(22(31)28(6)23(29)32)21(26-15(4)25-20)33-12-18(30)27(5)14(3)16-7-9-17(24)10-8-16/h7-10,13-14H,11-12H2,1-6H3. The van der Waals surface area contributed by atoms with Crippen LogP contribution >= 0.6 is 11.8 Å². The molecule has 0 radical (unpaired) electrons. The van der Waals surface area contributed by atoms with Crippen molar-refractivity contribution >= 4 is 28.7 Å². The van der Waals surface area contributed by atoms with Crippen molar-refractivity contribution in [3.8, 4) is 0 Å². The summed E-state index contributed by atoms with van der Waals surface area (Å²) in [6.45, 7) is 7.91. The molecule has 1 unspecified atom stereocenters. The van der Waals surface area contributed by atoms with Gasteiger partial charge in [-0.05, 0) is 37.5 Å². The minimum atomic E-state index is -0.488. The first-order valence-electron chi connectivity index (χ1n) is 10.6. The SMILES string of the molecule is Cc1nc(SCC(=O)N(C)C(C)c2ccc(F)cc2)c2c(=O)n(C)c(=O)n(CC(C)C)c2n1. The summed E-state index contributed by atoms with van der Waals surface area (Å²) in [6.07, 6.45) is 0. The van der Waals surface area contributed by atoms with Crippen LogP contribution < -0.4 is 11.2 Å². The van der Waals surface area contributed by atoms with Crippen LogP contribution in [0.5, 0.6) is 0 Å². The predicted octanol–water partition coefficient (Wildman–Crippen LogP) is 2.91. The summed E-state index contributed by atoms with van der Waals surface area (Å²) in [6, 6.07) is 5.76. The van der Waals surface area contributed by atoms with Crippen LogP contribution in [0, 0.1) is 18.7 Å². The van der Waals surface area contributed by atoms with Crippen LogP contribution in [0.15, 0.2) is 38.9 Å². The van der Waals surface area contributed by atoms with Crippen molar-refractivity contribution in [2.45, 2.75) is 45.3 Å². The molecule has 0 aliphatic rings. The van der Waals surface area contributed by atoms with Crippen molar-refractivity contribution in [2.75, 3.05) is 12.8 Å². The molecule has 33 heavy (non-hydrogen) atoms. The Bertz CT molecular complexity index is 1300. The lowest BCUT2D eigenvalue weighted by Crippen LogP contribution is -2.39. The Hall–Kier alpha value is -3.01. The second-order valence-electron chi connectivity index (χ2n) is 8.45. The maximum absolute atomic E-state index is 13.2. The largest absolute Gasteiger partial charge is 0.338 e. The molecule has 0 aliphatic heterocycles. The first kappa shape index (κ1) is 24.6. The molecule has 1 atom stereocenters. The van der Waals surface area contributed by atoms with Crippen molar-refractivity contribution in [1.29, 1.82) is 0 Å². The third-order valence-corrected chi connectivity index (χ3v) is 6.43. The highest BCUT2D eigenvalue weighted by atomic mass is 32.2. The Kier molecular flexibility index (Phi) is 7.36. The summed E-state index contributed by atoms with van der Waals surface area (Å²) in [5, 5.41) is 0.599. The number of rotatable bonds is 7. The molecule has 0 spiro atoms. The van der Waals surface area contributed by atoms with Gasteiger partial charge in [-0.3, -0.25) is 18.7 Å². The molecule has 0 bridgehead atoms.